The van der Waals surface area contributed by atoms with Crippen LogP contribution in [0.1, 0.15) is 0 Å². The van der Waals surface area contributed by atoms with Crippen LogP contribution < -0.4 is 0 Å². The van der Waals surface area contributed by atoms with Gasteiger partial charge >= 0.3 is 5.82 Å². The molecule has 0 spiro atoms. The zero-order chi connectivity index (χ0) is 8.43. The Morgan fingerprint density at radius 1 is 1.55 bits per heavy atom. The third kappa shape index (κ3) is 1.28. The van der Waals surface area contributed by atoms with Crippen LogP contribution in [-0.4, -0.2) is 9.91 Å². The minimum absolute atomic E-state index is 0.711. The van der Waals surface area contributed by atoms with Crippen molar-refractivity contribution in [3.05, 3.63) is 34.0 Å². The van der Waals surface area contributed by atoms with E-state index in [1.165, 1.54) is 0 Å². The molecule has 0 aliphatic rings. The van der Waals surface area contributed by atoms with Crippen LogP contribution in [0.25, 0.3) is 0 Å². The number of hydrogen-bond donors (Lipinski definition) is 0. The Morgan fingerprint density at radius 2 is 2.18 bits per heavy atom. The summed E-state index contributed by atoms with van der Waals surface area (Å²) in [7, 11) is 0. The van der Waals surface area contributed by atoms with Crippen molar-refractivity contribution in [2.45, 2.75) is 0 Å². The van der Waals surface area contributed by atoms with Gasteiger partial charge in [0, 0.05) is 6.07 Å². The molecule has 0 unspecified atom stereocenters. The van der Waals surface area contributed by atoms with Gasteiger partial charge in [0.15, 0.2) is 5.82 Å². The molecule has 11 heavy (non-hydrogen) atoms. The molecule has 4 nitrogen and oxygen atoms in total. The van der Waals surface area contributed by atoms with Crippen LogP contribution in [0.2, 0.25) is 0 Å². The molecule has 1 aromatic rings. The Hall–Kier alpha value is -1.59. The lowest BCUT2D eigenvalue weighted by Gasteiger charge is -1.92. The molecule has 0 aliphatic carbocycles. The number of rotatable bonds is 1. The smallest absolute Gasteiger partial charge is 0.358 e. The van der Waals surface area contributed by atoms with Crippen LogP contribution in [0.3, 0.4) is 0 Å². The largest absolute Gasteiger partial charge is 0.402 e. The third-order valence-electron chi connectivity index (χ3n) is 0.997. The van der Waals surface area contributed by atoms with Crippen molar-refractivity contribution in [1.29, 1.82) is 0 Å². The fraction of sp³-hybridized carbons (Fsp3) is 0. The summed E-state index contributed by atoms with van der Waals surface area (Å²) in [6, 6.07) is 0.711. The van der Waals surface area contributed by atoms with E-state index in [1.54, 1.807) is 0 Å². The minimum Gasteiger partial charge on any atom is -0.358 e. The molecule has 1 heterocycles. The lowest BCUT2D eigenvalue weighted by molar-refractivity contribution is -0.392. The molecule has 0 atom stereocenters. The van der Waals surface area contributed by atoms with Crippen molar-refractivity contribution in [3.8, 4) is 0 Å². The first-order valence-electron chi connectivity index (χ1n) is 2.57. The summed E-state index contributed by atoms with van der Waals surface area (Å²) in [5.74, 6) is -3.89. The third-order valence-corrected chi connectivity index (χ3v) is 0.997. The van der Waals surface area contributed by atoms with Gasteiger partial charge in [-0.2, -0.15) is 4.39 Å². The van der Waals surface area contributed by atoms with E-state index in [1.807, 2.05) is 0 Å². The monoisotopic (exact) mass is 160 g/mol. The van der Waals surface area contributed by atoms with E-state index in [2.05, 4.69) is 4.98 Å². The zero-order valence-corrected chi connectivity index (χ0v) is 5.12. The van der Waals surface area contributed by atoms with Crippen LogP contribution >= 0.6 is 0 Å². The molecule has 6 heteroatoms. The summed E-state index contributed by atoms with van der Waals surface area (Å²) in [6.07, 6.45) is 0.830. The molecule has 0 saturated carbocycles. The van der Waals surface area contributed by atoms with E-state index in [-0.39, 0.29) is 0 Å². The first-order valence-corrected chi connectivity index (χ1v) is 2.57. The average Bonchev–Trinajstić information content (AvgIpc) is 1.94. The van der Waals surface area contributed by atoms with E-state index >= 15 is 0 Å². The molecule has 0 saturated heterocycles. The maximum absolute atomic E-state index is 12.4. The molecule has 0 radical (unpaired) electrons. The maximum Gasteiger partial charge on any atom is 0.402 e. The van der Waals surface area contributed by atoms with Gasteiger partial charge in [-0.3, -0.25) is 0 Å². The molecule has 0 amide bonds. The quantitative estimate of drug-likeness (QED) is 0.459. The van der Waals surface area contributed by atoms with Gasteiger partial charge in [-0.1, -0.05) is 0 Å². The van der Waals surface area contributed by atoms with Crippen molar-refractivity contribution in [3.63, 3.8) is 0 Å². The summed E-state index contributed by atoms with van der Waals surface area (Å²) in [4.78, 5) is 11.9. The Bertz CT molecular complexity index is 303. The molecule has 0 bridgehead atoms. The lowest BCUT2D eigenvalue weighted by atomic mass is 10.4. The Kier molecular flexibility index (Phi) is 1.75. The van der Waals surface area contributed by atoms with Crippen molar-refractivity contribution < 1.29 is 13.7 Å². The molecule has 1 aromatic heterocycles. The van der Waals surface area contributed by atoms with E-state index in [4.69, 9.17) is 0 Å². The Balaban J connectivity index is 3.27. The number of pyridine rings is 1. The first kappa shape index (κ1) is 7.52. The topological polar surface area (TPSA) is 56.0 Å². The number of hydrogen-bond acceptors (Lipinski definition) is 3. The molecule has 0 aromatic carbocycles. The molecule has 0 aliphatic heterocycles. The molecule has 0 fully saturated rings. The van der Waals surface area contributed by atoms with Crippen LogP contribution in [0.15, 0.2) is 12.3 Å². The lowest BCUT2D eigenvalue weighted by Crippen LogP contribution is -1.97. The van der Waals surface area contributed by atoms with Gasteiger partial charge in [0.05, 0.1) is 0 Å². The number of nitro groups is 1. The summed E-state index contributed by atoms with van der Waals surface area (Å²) in [5, 5.41) is 9.91. The predicted molar refractivity (Wildman–Crippen MR) is 30.8 cm³/mol. The van der Waals surface area contributed by atoms with Crippen molar-refractivity contribution in [2.75, 3.05) is 0 Å². The molecular weight excluding hydrogens is 158 g/mol. The zero-order valence-electron chi connectivity index (χ0n) is 5.12. The number of aromatic nitrogens is 1. The highest BCUT2D eigenvalue weighted by Crippen LogP contribution is 2.14. The highest BCUT2D eigenvalue weighted by atomic mass is 19.2. The van der Waals surface area contributed by atoms with E-state index in [0.29, 0.717) is 6.07 Å². The van der Waals surface area contributed by atoms with Gasteiger partial charge in [0.1, 0.15) is 6.20 Å². The molecule has 1 rings (SSSR count). The first-order chi connectivity index (χ1) is 5.13. The summed E-state index contributed by atoms with van der Waals surface area (Å²) >= 11 is 0. The van der Waals surface area contributed by atoms with Gasteiger partial charge in [-0.25, -0.2) is 4.39 Å². The van der Waals surface area contributed by atoms with Crippen LogP contribution in [0, 0.1) is 21.7 Å². The van der Waals surface area contributed by atoms with Gasteiger partial charge in [-0.15, -0.1) is 0 Å². The highest BCUT2D eigenvalue weighted by Gasteiger charge is 2.18. The van der Waals surface area contributed by atoms with Gasteiger partial charge in [0.25, 0.3) is 5.82 Å². The maximum atomic E-state index is 12.4. The SMILES string of the molecule is O=[N+]([O-])c1nccc(F)c1F. The summed E-state index contributed by atoms with van der Waals surface area (Å²) in [5.41, 5.74) is 0. The summed E-state index contributed by atoms with van der Waals surface area (Å²) in [6.45, 7) is 0. The fourth-order valence-electron chi connectivity index (χ4n) is 0.537. The van der Waals surface area contributed by atoms with Gasteiger partial charge in [-0.05, 0) is 9.91 Å². The van der Waals surface area contributed by atoms with Crippen molar-refractivity contribution in [2.24, 2.45) is 0 Å². The second-order valence-corrected chi connectivity index (χ2v) is 1.69. The van der Waals surface area contributed by atoms with Crippen LogP contribution in [0.5, 0.6) is 0 Å². The van der Waals surface area contributed by atoms with E-state index in [0.717, 1.165) is 6.20 Å². The second kappa shape index (κ2) is 2.57. The van der Waals surface area contributed by atoms with Crippen molar-refractivity contribution in [1.82, 2.24) is 4.98 Å². The van der Waals surface area contributed by atoms with E-state index < -0.39 is 22.4 Å². The molecular formula is C5H2F2N2O2. The molecule has 0 N–H and O–H groups in total. The standard InChI is InChI=1S/C5H2F2N2O2/c6-3-1-2-8-5(4(3)7)9(10)11/h1-2H. The van der Waals surface area contributed by atoms with Crippen molar-refractivity contribution >= 4 is 5.82 Å². The normalized spacial score (nSPS) is 9.64. The van der Waals surface area contributed by atoms with Crippen LogP contribution in [0.4, 0.5) is 14.6 Å². The highest BCUT2D eigenvalue weighted by molar-refractivity contribution is 5.21. The van der Waals surface area contributed by atoms with E-state index in [9.17, 15) is 18.9 Å². The minimum atomic E-state index is -1.53. The van der Waals surface area contributed by atoms with Crippen LogP contribution in [-0.2, 0) is 0 Å². The molecule has 58 valence electrons. The average molecular weight is 160 g/mol. The Labute approximate surface area is 59.6 Å². The summed E-state index contributed by atoms with van der Waals surface area (Å²) < 4.78 is 24.6. The predicted octanol–water partition coefficient (Wildman–Crippen LogP) is 1.27. The second-order valence-electron chi connectivity index (χ2n) is 1.69. The number of halogens is 2. The number of nitrogens with zero attached hydrogens (tertiary/aromatic N) is 2. The van der Waals surface area contributed by atoms with Gasteiger partial charge < -0.3 is 10.1 Å². The fourth-order valence-corrected chi connectivity index (χ4v) is 0.537. The Morgan fingerprint density at radius 3 is 2.64 bits per heavy atom. The van der Waals surface area contributed by atoms with Gasteiger partial charge in [0.2, 0.25) is 0 Å².